The number of likely N-dealkylation sites (N-methyl/N-ethyl adjacent to an activating group) is 1. The number of rotatable bonds is 2. The Morgan fingerprint density at radius 3 is 2.95 bits per heavy atom. The summed E-state index contributed by atoms with van der Waals surface area (Å²) in [7, 11) is 1.57. The lowest BCUT2D eigenvalue weighted by molar-refractivity contribution is -0.124. The van der Waals surface area contributed by atoms with Crippen molar-refractivity contribution < 1.29 is 9.59 Å². The molecule has 1 aromatic rings. The molecule has 2 rings (SSSR count). The minimum atomic E-state index is -0.400. The molecule has 2 amide bonds. The Kier molecular flexibility index (Phi) is 3.81. The van der Waals surface area contributed by atoms with Gasteiger partial charge in [0.05, 0.1) is 11.6 Å². The van der Waals surface area contributed by atoms with E-state index in [-0.39, 0.29) is 11.8 Å². The predicted octanol–water partition coefficient (Wildman–Crippen LogP) is 0.909. The highest BCUT2D eigenvalue weighted by molar-refractivity contribution is 5.98. The lowest BCUT2D eigenvalue weighted by Gasteiger charge is -2.23. The fourth-order valence-electron chi connectivity index (χ4n) is 2.34. The molecular formula is C14H15N3O2. The van der Waals surface area contributed by atoms with E-state index in [1.54, 1.807) is 36.2 Å². The van der Waals surface area contributed by atoms with Crippen molar-refractivity contribution in [1.29, 1.82) is 5.26 Å². The van der Waals surface area contributed by atoms with E-state index in [1.807, 2.05) is 6.07 Å². The number of nitriles is 1. The molecule has 5 nitrogen and oxygen atoms in total. The van der Waals surface area contributed by atoms with E-state index in [1.165, 1.54) is 0 Å². The predicted molar refractivity (Wildman–Crippen MR) is 69.3 cm³/mol. The average Bonchev–Trinajstić information content (AvgIpc) is 2.95. The maximum atomic E-state index is 12.4. The third-order valence-corrected chi connectivity index (χ3v) is 3.30. The molecular weight excluding hydrogens is 242 g/mol. The second kappa shape index (κ2) is 5.53. The Hall–Kier alpha value is -2.35. The van der Waals surface area contributed by atoms with Gasteiger partial charge >= 0.3 is 0 Å². The second-order valence-corrected chi connectivity index (χ2v) is 4.46. The van der Waals surface area contributed by atoms with Gasteiger partial charge in [0.1, 0.15) is 6.04 Å². The van der Waals surface area contributed by atoms with Gasteiger partial charge in [-0.05, 0) is 31.0 Å². The number of hydrogen-bond donors (Lipinski definition) is 1. The van der Waals surface area contributed by atoms with Crippen molar-refractivity contribution in [2.75, 3.05) is 13.6 Å². The van der Waals surface area contributed by atoms with Gasteiger partial charge in [0, 0.05) is 19.2 Å². The maximum absolute atomic E-state index is 12.4. The fraction of sp³-hybridized carbons (Fsp3) is 0.357. The molecule has 0 saturated carbocycles. The zero-order valence-corrected chi connectivity index (χ0v) is 10.7. The molecule has 1 atom stereocenters. The van der Waals surface area contributed by atoms with Crippen molar-refractivity contribution in [3.05, 3.63) is 35.4 Å². The van der Waals surface area contributed by atoms with Crippen molar-refractivity contribution in [1.82, 2.24) is 10.2 Å². The maximum Gasteiger partial charge on any atom is 0.254 e. The van der Waals surface area contributed by atoms with Crippen LogP contribution < -0.4 is 5.32 Å². The summed E-state index contributed by atoms with van der Waals surface area (Å²) in [5, 5.41) is 11.4. The second-order valence-electron chi connectivity index (χ2n) is 4.46. The summed E-state index contributed by atoms with van der Waals surface area (Å²) in [6.45, 7) is 0.577. The summed E-state index contributed by atoms with van der Waals surface area (Å²) in [6.07, 6.45) is 1.51. The SMILES string of the molecule is CNC(=O)C1CCCN1C(=O)c1cccc(C#N)c1. The van der Waals surface area contributed by atoms with Crippen LogP contribution in [0.4, 0.5) is 0 Å². The monoisotopic (exact) mass is 257 g/mol. The summed E-state index contributed by atoms with van der Waals surface area (Å²) in [5.74, 6) is -0.328. The Morgan fingerprint density at radius 2 is 2.26 bits per heavy atom. The number of likely N-dealkylation sites (tertiary alicyclic amines) is 1. The number of amides is 2. The Balaban J connectivity index is 2.23. The van der Waals surface area contributed by atoms with Gasteiger partial charge < -0.3 is 10.2 Å². The van der Waals surface area contributed by atoms with Gasteiger partial charge in [-0.15, -0.1) is 0 Å². The average molecular weight is 257 g/mol. The van der Waals surface area contributed by atoms with E-state index in [0.717, 1.165) is 6.42 Å². The quantitative estimate of drug-likeness (QED) is 0.855. The van der Waals surface area contributed by atoms with Crippen LogP contribution in [0.15, 0.2) is 24.3 Å². The summed E-state index contributed by atoms with van der Waals surface area (Å²) in [6, 6.07) is 8.16. The number of nitrogens with zero attached hydrogens (tertiary/aromatic N) is 2. The summed E-state index contributed by atoms with van der Waals surface area (Å²) >= 11 is 0. The minimum absolute atomic E-state index is 0.137. The molecule has 1 unspecified atom stereocenters. The standard InChI is InChI=1S/C14H15N3O2/c1-16-13(18)12-6-3-7-17(12)14(19)11-5-2-4-10(8-11)9-15/h2,4-5,8,12H,3,6-7H2,1H3,(H,16,18). The zero-order chi connectivity index (χ0) is 13.8. The summed E-state index contributed by atoms with van der Waals surface area (Å²) < 4.78 is 0. The highest BCUT2D eigenvalue weighted by Crippen LogP contribution is 2.20. The van der Waals surface area contributed by atoms with Crippen molar-refractivity contribution in [2.45, 2.75) is 18.9 Å². The van der Waals surface area contributed by atoms with E-state index in [0.29, 0.717) is 24.1 Å². The van der Waals surface area contributed by atoms with Crippen molar-refractivity contribution in [3.8, 4) is 6.07 Å². The van der Waals surface area contributed by atoms with Crippen LogP contribution in [0.1, 0.15) is 28.8 Å². The van der Waals surface area contributed by atoms with Gasteiger partial charge in [0.25, 0.3) is 5.91 Å². The highest BCUT2D eigenvalue weighted by atomic mass is 16.2. The zero-order valence-electron chi connectivity index (χ0n) is 10.7. The molecule has 98 valence electrons. The normalized spacial score (nSPS) is 17.9. The molecule has 1 N–H and O–H groups in total. The van der Waals surface area contributed by atoms with E-state index in [4.69, 9.17) is 5.26 Å². The summed E-state index contributed by atoms with van der Waals surface area (Å²) in [4.78, 5) is 25.7. The third kappa shape index (κ3) is 2.58. The first-order valence-electron chi connectivity index (χ1n) is 6.20. The van der Waals surface area contributed by atoms with Crippen LogP contribution in [-0.4, -0.2) is 36.3 Å². The molecule has 1 aliphatic rings. The molecule has 0 aromatic heterocycles. The molecule has 1 saturated heterocycles. The van der Waals surface area contributed by atoms with Crippen molar-refractivity contribution in [3.63, 3.8) is 0 Å². The Morgan fingerprint density at radius 1 is 1.47 bits per heavy atom. The molecule has 1 fully saturated rings. The first-order valence-corrected chi connectivity index (χ1v) is 6.20. The molecule has 1 aliphatic heterocycles. The topological polar surface area (TPSA) is 73.2 Å². The van der Waals surface area contributed by atoms with Crippen LogP contribution in [0.5, 0.6) is 0 Å². The van der Waals surface area contributed by atoms with E-state index >= 15 is 0 Å². The number of carbonyl (C=O) groups is 2. The number of benzene rings is 1. The van der Waals surface area contributed by atoms with Crippen LogP contribution in [0, 0.1) is 11.3 Å². The number of nitrogens with one attached hydrogen (secondary N) is 1. The Labute approximate surface area is 111 Å². The van der Waals surface area contributed by atoms with Crippen LogP contribution in [-0.2, 0) is 4.79 Å². The minimum Gasteiger partial charge on any atom is -0.357 e. The van der Waals surface area contributed by atoms with Gasteiger partial charge in [-0.1, -0.05) is 6.07 Å². The summed E-state index contributed by atoms with van der Waals surface area (Å²) in [5.41, 5.74) is 0.899. The number of carbonyl (C=O) groups excluding carboxylic acids is 2. The molecule has 0 spiro atoms. The van der Waals surface area contributed by atoms with Crippen LogP contribution in [0.2, 0.25) is 0 Å². The molecule has 0 bridgehead atoms. The molecule has 1 aromatic carbocycles. The molecule has 0 radical (unpaired) electrons. The van der Waals surface area contributed by atoms with Gasteiger partial charge in [-0.3, -0.25) is 9.59 Å². The Bertz CT molecular complexity index is 548. The van der Waals surface area contributed by atoms with Crippen LogP contribution >= 0.6 is 0 Å². The highest BCUT2D eigenvalue weighted by Gasteiger charge is 2.33. The molecule has 1 heterocycles. The smallest absolute Gasteiger partial charge is 0.254 e. The lowest BCUT2D eigenvalue weighted by atomic mass is 10.1. The van der Waals surface area contributed by atoms with E-state index < -0.39 is 6.04 Å². The van der Waals surface area contributed by atoms with Crippen molar-refractivity contribution >= 4 is 11.8 Å². The van der Waals surface area contributed by atoms with Crippen LogP contribution in [0.3, 0.4) is 0 Å². The first kappa shape index (κ1) is 13.1. The van der Waals surface area contributed by atoms with Gasteiger partial charge in [-0.2, -0.15) is 5.26 Å². The largest absolute Gasteiger partial charge is 0.357 e. The lowest BCUT2D eigenvalue weighted by Crippen LogP contribution is -2.44. The molecule has 0 aliphatic carbocycles. The van der Waals surface area contributed by atoms with Crippen LogP contribution in [0.25, 0.3) is 0 Å². The van der Waals surface area contributed by atoms with E-state index in [2.05, 4.69) is 5.32 Å². The van der Waals surface area contributed by atoms with Gasteiger partial charge in [-0.25, -0.2) is 0 Å². The van der Waals surface area contributed by atoms with E-state index in [9.17, 15) is 9.59 Å². The first-order chi connectivity index (χ1) is 9.17. The number of hydrogen-bond acceptors (Lipinski definition) is 3. The fourth-order valence-corrected chi connectivity index (χ4v) is 2.34. The van der Waals surface area contributed by atoms with Crippen molar-refractivity contribution in [2.24, 2.45) is 0 Å². The molecule has 5 heteroatoms. The van der Waals surface area contributed by atoms with Gasteiger partial charge in [0.2, 0.25) is 5.91 Å². The molecule has 19 heavy (non-hydrogen) atoms. The third-order valence-electron chi connectivity index (χ3n) is 3.30. The van der Waals surface area contributed by atoms with Gasteiger partial charge in [0.15, 0.2) is 0 Å².